The number of aromatic nitrogens is 2. The van der Waals surface area contributed by atoms with Crippen LogP contribution in [0.15, 0.2) is 36.4 Å². The highest BCUT2D eigenvalue weighted by molar-refractivity contribution is 5.87. The highest BCUT2D eigenvalue weighted by Gasteiger charge is 2.36. The highest BCUT2D eigenvalue weighted by atomic mass is 19.4. The van der Waals surface area contributed by atoms with Gasteiger partial charge >= 0.3 is 6.18 Å². The lowest BCUT2D eigenvalue weighted by Crippen LogP contribution is -2.37. The van der Waals surface area contributed by atoms with E-state index in [1.54, 1.807) is 11.0 Å². The molecule has 1 saturated heterocycles. The normalized spacial score (nSPS) is 15.2. The number of nitro benzene ring substituents is 1. The summed E-state index contributed by atoms with van der Waals surface area (Å²) in [6, 6.07) is 8.34. The van der Waals surface area contributed by atoms with E-state index >= 15 is 0 Å². The summed E-state index contributed by atoms with van der Waals surface area (Å²) in [5.41, 5.74) is -0.206. The Morgan fingerprint density at radius 3 is 2.61 bits per heavy atom. The number of halogens is 3. The maximum Gasteiger partial charge on any atom is 0.418 e. The molecule has 0 aliphatic carbocycles. The number of aromatic amines is 1. The molecule has 10 heteroatoms. The Labute approximate surface area is 156 Å². The molecule has 1 N–H and O–H groups in total. The standard InChI is InChI=1S/C18H15F3N4O3/c19-18(20,21)12-10-11(4-5-14(12)24-6-8-28-9-7-24)17-22-13-2-1-3-15(25(26)27)16(13)23-17/h1-5,10H,6-9H2,(H,22,23). The van der Waals surface area contributed by atoms with Crippen LogP contribution in [0.25, 0.3) is 22.4 Å². The van der Waals surface area contributed by atoms with Gasteiger partial charge < -0.3 is 14.6 Å². The van der Waals surface area contributed by atoms with Gasteiger partial charge in [-0.3, -0.25) is 10.1 Å². The van der Waals surface area contributed by atoms with E-state index in [4.69, 9.17) is 4.74 Å². The van der Waals surface area contributed by atoms with Crippen molar-refractivity contribution < 1.29 is 22.8 Å². The fourth-order valence-corrected chi connectivity index (χ4v) is 3.29. The number of benzene rings is 2. The van der Waals surface area contributed by atoms with E-state index in [2.05, 4.69) is 9.97 Å². The molecule has 0 amide bonds. The van der Waals surface area contributed by atoms with Gasteiger partial charge in [-0.2, -0.15) is 13.2 Å². The summed E-state index contributed by atoms with van der Waals surface area (Å²) in [5.74, 6) is 0.142. The van der Waals surface area contributed by atoms with Crippen molar-refractivity contribution in [3.05, 3.63) is 52.1 Å². The van der Waals surface area contributed by atoms with Crippen LogP contribution < -0.4 is 4.90 Å². The van der Waals surface area contributed by atoms with E-state index in [1.807, 2.05) is 0 Å². The summed E-state index contributed by atoms with van der Waals surface area (Å²) < 4.78 is 46.3. The summed E-state index contributed by atoms with van der Waals surface area (Å²) >= 11 is 0. The Hall–Kier alpha value is -3.14. The third-order valence-electron chi connectivity index (χ3n) is 4.62. The number of anilines is 1. The second-order valence-corrected chi connectivity index (χ2v) is 6.34. The van der Waals surface area contributed by atoms with Crippen molar-refractivity contribution in [2.24, 2.45) is 0 Å². The van der Waals surface area contributed by atoms with Crippen molar-refractivity contribution in [1.29, 1.82) is 0 Å². The van der Waals surface area contributed by atoms with Crippen molar-refractivity contribution >= 4 is 22.4 Å². The van der Waals surface area contributed by atoms with Crippen molar-refractivity contribution in [3.8, 4) is 11.4 Å². The predicted molar refractivity (Wildman–Crippen MR) is 96.2 cm³/mol. The second kappa shape index (κ2) is 6.79. The van der Waals surface area contributed by atoms with Gasteiger partial charge in [0, 0.05) is 30.4 Å². The highest BCUT2D eigenvalue weighted by Crippen LogP contribution is 2.39. The molecule has 0 saturated carbocycles. The van der Waals surface area contributed by atoms with Crippen molar-refractivity contribution in [3.63, 3.8) is 0 Å². The van der Waals surface area contributed by atoms with Gasteiger partial charge in [0.1, 0.15) is 5.82 Å². The Kier molecular flexibility index (Phi) is 4.42. The number of nitro groups is 1. The number of morpholine rings is 1. The van der Waals surface area contributed by atoms with Crippen LogP contribution >= 0.6 is 0 Å². The van der Waals surface area contributed by atoms with Crippen LogP contribution in [-0.4, -0.2) is 41.2 Å². The molecule has 2 aromatic carbocycles. The Bertz CT molecular complexity index is 1040. The SMILES string of the molecule is O=[N+]([O-])c1cccc2[nH]c(-c3ccc(N4CCOCC4)c(C(F)(F)F)c3)nc12. The summed E-state index contributed by atoms with van der Waals surface area (Å²) in [7, 11) is 0. The number of nitrogens with one attached hydrogen (secondary N) is 1. The maximum atomic E-state index is 13.7. The van der Waals surface area contributed by atoms with E-state index in [0.717, 1.165) is 6.07 Å². The van der Waals surface area contributed by atoms with Crippen LogP contribution in [0.5, 0.6) is 0 Å². The lowest BCUT2D eigenvalue weighted by Gasteiger charge is -2.31. The Morgan fingerprint density at radius 2 is 1.93 bits per heavy atom. The summed E-state index contributed by atoms with van der Waals surface area (Å²) in [6.45, 7) is 1.48. The van der Waals surface area contributed by atoms with Gasteiger partial charge in [0.15, 0.2) is 5.52 Å². The minimum Gasteiger partial charge on any atom is -0.378 e. The number of alkyl halides is 3. The third-order valence-corrected chi connectivity index (χ3v) is 4.62. The van der Waals surface area contributed by atoms with E-state index in [1.165, 1.54) is 24.3 Å². The van der Waals surface area contributed by atoms with Crippen LogP contribution in [0.2, 0.25) is 0 Å². The van der Waals surface area contributed by atoms with E-state index in [9.17, 15) is 23.3 Å². The minimum atomic E-state index is -4.55. The molecule has 1 aliphatic rings. The zero-order chi connectivity index (χ0) is 19.9. The number of non-ortho nitro benzene ring substituents is 1. The fourth-order valence-electron chi connectivity index (χ4n) is 3.29. The topological polar surface area (TPSA) is 84.3 Å². The molecule has 1 aromatic heterocycles. The van der Waals surface area contributed by atoms with Crippen LogP contribution in [0.3, 0.4) is 0 Å². The summed E-state index contributed by atoms with van der Waals surface area (Å²) in [4.78, 5) is 19.3. The van der Waals surface area contributed by atoms with Crippen LogP contribution in [0.1, 0.15) is 5.56 Å². The Balaban J connectivity index is 1.81. The van der Waals surface area contributed by atoms with Crippen molar-refractivity contribution in [2.75, 3.05) is 31.2 Å². The number of fused-ring (bicyclic) bond motifs is 1. The molecule has 0 radical (unpaired) electrons. The molecule has 0 unspecified atom stereocenters. The largest absolute Gasteiger partial charge is 0.418 e. The molecule has 28 heavy (non-hydrogen) atoms. The number of imidazole rings is 1. The number of hydrogen-bond donors (Lipinski definition) is 1. The molecule has 4 rings (SSSR count). The number of nitrogens with zero attached hydrogens (tertiary/aromatic N) is 3. The Morgan fingerprint density at radius 1 is 1.18 bits per heavy atom. The van der Waals surface area contributed by atoms with Crippen LogP contribution in [0.4, 0.5) is 24.5 Å². The molecular weight excluding hydrogens is 377 g/mol. The number of hydrogen-bond acceptors (Lipinski definition) is 5. The molecule has 0 spiro atoms. The minimum absolute atomic E-state index is 0.0849. The van der Waals surface area contributed by atoms with Crippen molar-refractivity contribution in [2.45, 2.75) is 6.18 Å². The predicted octanol–water partition coefficient (Wildman–Crippen LogP) is 3.99. The molecule has 146 valence electrons. The molecule has 1 aliphatic heterocycles. The molecule has 3 aromatic rings. The lowest BCUT2D eigenvalue weighted by molar-refractivity contribution is -0.383. The quantitative estimate of drug-likeness (QED) is 0.538. The van der Waals surface area contributed by atoms with Crippen molar-refractivity contribution in [1.82, 2.24) is 9.97 Å². The summed E-state index contributed by atoms with van der Waals surface area (Å²) in [5, 5.41) is 11.2. The summed E-state index contributed by atoms with van der Waals surface area (Å²) in [6.07, 6.45) is -4.55. The number of rotatable bonds is 3. The first-order chi connectivity index (χ1) is 13.3. The first-order valence-corrected chi connectivity index (χ1v) is 8.52. The van der Waals surface area contributed by atoms with E-state index in [0.29, 0.717) is 31.8 Å². The van der Waals surface area contributed by atoms with Gasteiger partial charge in [-0.1, -0.05) is 6.07 Å². The first-order valence-electron chi connectivity index (χ1n) is 8.52. The van der Waals surface area contributed by atoms with Gasteiger partial charge in [-0.15, -0.1) is 0 Å². The number of para-hydroxylation sites is 1. The zero-order valence-electron chi connectivity index (χ0n) is 14.5. The maximum absolute atomic E-state index is 13.7. The average molecular weight is 392 g/mol. The molecule has 7 nitrogen and oxygen atoms in total. The molecular formula is C18H15F3N4O3. The molecule has 0 bridgehead atoms. The monoisotopic (exact) mass is 392 g/mol. The first kappa shape index (κ1) is 18.2. The van der Waals surface area contributed by atoms with Gasteiger partial charge in [-0.05, 0) is 24.3 Å². The average Bonchev–Trinajstić information content (AvgIpc) is 3.11. The van der Waals surface area contributed by atoms with Crippen LogP contribution in [-0.2, 0) is 10.9 Å². The van der Waals surface area contributed by atoms with Gasteiger partial charge in [-0.25, -0.2) is 4.98 Å². The van der Waals surface area contributed by atoms with E-state index in [-0.39, 0.29) is 28.3 Å². The lowest BCUT2D eigenvalue weighted by atomic mass is 10.1. The fraction of sp³-hybridized carbons (Fsp3) is 0.278. The zero-order valence-corrected chi connectivity index (χ0v) is 14.5. The molecule has 1 fully saturated rings. The van der Waals surface area contributed by atoms with E-state index < -0.39 is 16.7 Å². The number of H-pyrrole nitrogens is 1. The smallest absolute Gasteiger partial charge is 0.378 e. The number of ether oxygens (including phenoxy) is 1. The van der Waals surface area contributed by atoms with Crippen LogP contribution in [0, 0.1) is 10.1 Å². The third kappa shape index (κ3) is 3.26. The van der Waals surface area contributed by atoms with Gasteiger partial charge in [0.25, 0.3) is 5.69 Å². The van der Waals surface area contributed by atoms with Gasteiger partial charge in [0.2, 0.25) is 0 Å². The molecule has 2 heterocycles. The second-order valence-electron chi connectivity index (χ2n) is 6.34. The van der Waals surface area contributed by atoms with Gasteiger partial charge in [0.05, 0.1) is 29.2 Å². The molecule has 0 atom stereocenters.